The van der Waals surface area contributed by atoms with E-state index in [0.29, 0.717) is 11.8 Å². The Labute approximate surface area is 76.6 Å². The monoisotopic (exact) mass is 169 g/mol. The van der Waals surface area contributed by atoms with Crippen molar-refractivity contribution in [1.29, 1.82) is 0 Å². The van der Waals surface area contributed by atoms with Crippen LogP contribution in [0.25, 0.3) is 0 Å². The van der Waals surface area contributed by atoms with Gasteiger partial charge in [0.05, 0.1) is 0 Å². The lowest BCUT2D eigenvalue weighted by molar-refractivity contribution is 0.181. The van der Waals surface area contributed by atoms with Crippen LogP contribution in [-0.2, 0) is 4.79 Å². The lowest BCUT2D eigenvalue weighted by Crippen LogP contribution is -2.34. The molecule has 0 saturated carbocycles. The summed E-state index contributed by atoms with van der Waals surface area (Å²) in [7, 11) is 0. The molecule has 12 heavy (non-hydrogen) atoms. The largest absolute Gasteiger partial charge is 0.290 e. The van der Waals surface area contributed by atoms with E-state index in [9.17, 15) is 4.79 Å². The highest BCUT2D eigenvalue weighted by Crippen LogP contribution is 2.38. The Hall–Kier alpha value is -0.330. The minimum atomic E-state index is -0.214. The van der Waals surface area contributed by atoms with E-state index in [2.05, 4.69) is 40.9 Å². The Morgan fingerprint density at radius 2 is 1.58 bits per heavy atom. The van der Waals surface area contributed by atoms with E-state index in [1.54, 1.807) is 0 Å². The van der Waals surface area contributed by atoms with Gasteiger partial charge in [-0.15, -0.1) is 0 Å². The third-order valence-electron chi connectivity index (χ3n) is 2.91. The maximum Gasteiger partial charge on any atom is 0.205 e. The van der Waals surface area contributed by atoms with Crippen molar-refractivity contribution < 1.29 is 4.79 Å². The second kappa shape index (κ2) is 4.64. The minimum absolute atomic E-state index is 0.214. The van der Waals surface area contributed by atoms with Gasteiger partial charge >= 0.3 is 0 Å². The Morgan fingerprint density at radius 3 is 1.67 bits per heavy atom. The molecule has 0 atom stereocenters. The van der Waals surface area contributed by atoms with Gasteiger partial charge in [-0.3, -0.25) is 4.79 Å². The molecule has 0 fully saturated rings. The van der Waals surface area contributed by atoms with Gasteiger partial charge in [-0.25, -0.2) is 0 Å². The van der Waals surface area contributed by atoms with Crippen LogP contribution in [0.3, 0.4) is 0 Å². The number of hydrogen-bond donors (Lipinski definition) is 0. The molecule has 0 aromatic heterocycles. The van der Waals surface area contributed by atoms with Crippen molar-refractivity contribution in [1.82, 2.24) is 0 Å². The van der Waals surface area contributed by atoms with Gasteiger partial charge in [0.25, 0.3) is 0 Å². The molecule has 0 aliphatic carbocycles. The van der Waals surface area contributed by atoms with E-state index in [1.807, 2.05) is 0 Å². The normalized spacial score (nSPS) is 12.6. The first kappa shape index (κ1) is 11.7. The molecule has 1 radical (unpaired) electrons. The summed E-state index contributed by atoms with van der Waals surface area (Å²) in [4.78, 5) is 11.0. The van der Waals surface area contributed by atoms with Crippen molar-refractivity contribution >= 4 is 6.29 Å². The smallest absolute Gasteiger partial charge is 0.205 e. The Bertz CT molecular complexity index is 128. The zero-order valence-corrected chi connectivity index (χ0v) is 8.98. The van der Waals surface area contributed by atoms with Gasteiger partial charge in [-0.2, -0.15) is 0 Å². The van der Waals surface area contributed by atoms with Gasteiger partial charge < -0.3 is 0 Å². The van der Waals surface area contributed by atoms with Crippen molar-refractivity contribution in [3.8, 4) is 0 Å². The summed E-state index contributed by atoms with van der Waals surface area (Å²) >= 11 is 0. The standard InChI is InChI=1S/C11H21O/c1-6-7-11(8-12,9(2)3)10(4)5/h9-10H,6-7H2,1-5H3. The van der Waals surface area contributed by atoms with Gasteiger partial charge in [0, 0.05) is 5.41 Å². The van der Waals surface area contributed by atoms with Crippen LogP contribution in [-0.4, -0.2) is 6.29 Å². The van der Waals surface area contributed by atoms with Gasteiger partial charge in [-0.05, 0) is 18.3 Å². The van der Waals surface area contributed by atoms with Crippen LogP contribution >= 0.6 is 0 Å². The SMILES string of the molecule is CCCC([C]=O)(C(C)C)C(C)C. The third-order valence-corrected chi connectivity index (χ3v) is 2.91. The van der Waals surface area contributed by atoms with Crippen molar-refractivity contribution in [2.75, 3.05) is 0 Å². The summed E-state index contributed by atoms with van der Waals surface area (Å²) in [6.07, 6.45) is 4.29. The molecule has 1 nitrogen and oxygen atoms in total. The van der Waals surface area contributed by atoms with E-state index in [1.165, 1.54) is 0 Å². The molecular formula is C11H21O. The van der Waals surface area contributed by atoms with Gasteiger partial charge in [0.2, 0.25) is 6.29 Å². The Kier molecular flexibility index (Phi) is 4.51. The number of rotatable bonds is 5. The summed E-state index contributed by atoms with van der Waals surface area (Å²) in [6, 6.07) is 0. The minimum Gasteiger partial charge on any atom is -0.290 e. The first-order valence-electron chi connectivity index (χ1n) is 4.90. The van der Waals surface area contributed by atoms with E-state index < -0.39 is 0 Å². The fraction of sp³-hybridized carbons (Fsp3) is 0.909. The van der Waals surface area contributed by atoms with Crippen LogP contribution in [0.4, 0.5) is 0 Å². The third kappa shape index (κ3) is 2.09. The molecule has 0 aliphatic rings. The molecule has 0 aromatic rings. The summed E-state index contributed by atoms with van der Waals surface area (Å²) in [6.45, 7) is 10.6. The molecule has 71 valence electrons. The molecule has 0 bridgehead atoms. The first-order valence-corrected chi connectivity index (χ1v) is 4.90. The van der Waals surface area contributed by atoms with Crippen molar-refractivity contribution in [2.45, 2.75) is 47.5 Å². The van der Waals surface area contributed by atoms with E-state index in [4.69, 9.17) is 0 Å². The van der Waals surface area contributed by atoms with Crippen LogP contribution in [0.1, 0.15) is 47.5 Å². The maximum absolute atomic E-state index is 11.0. The van der Waals surface area contributed by atoms with Crippen LogP contribution in [0.2, 0.25) is 0 Å². The Morgan fingerprint density at radius 1 is 1.17 bits per heavy atom. The van der Waals surface area contributed by atoms with Crippen LogP contribution in [0.15, 0.2) is 0 Å². The molecule has 0 amide bonds. The highest BCUT2D eigenvalue weighted by atomic mass is 16.1. The Balaban J connectivity index is 4.63. The quantitative estimate of drug-likeness (QED) is 0.617. The lowest BCUT2D eigenvalue weighted by atomic mass is 9.67. The average Bonchev–Trinajstić information content (AvgIpc) is 1.98. The first-order chi connectivity index (χ1) is 5.51. The molecule has 0 N–H and O–H groups in total. The molecule has 0 unspecified atom stereocenters. The number of carbonyl (C=O) groups excluding carboxylic acids is 1. The summed E-state index contributed by atoms with van der Waals surface area (Å²) in [5.41, 5.74) is -0.214. The maximum atomic E-state index is 11.0. The van der Waals surface area contributed by atoms with Crippen LogP contribution < -0.4 is 0 Å². The molecule has 0 spiro atoms. The second-order valence-corrected chi connectivity index (χ2v) is 4.20. The zero-order valence-electron chi connectivity index (χ0n) is 8.98. The topological polar surface area (TPSA) is 17.1 Å². The number of hydrogen-bond acceptors (Lipinski definition) is 1. The summed E-state index contributed by atoms with van der Waals surface area (Å²) < 4.78 is 0. The van der Waals surface area contributed by atoms with Crippen molar-refractivity contribution in [3.63, 3.8) is 0 Å². The van der Waals surface area contributed by atoms with E-state index >= 15 is 0 Å². The predicted molar refractivity (Wildman–Crippen MR) is 52.7 cm³/mol. The fourth-order valence-electron chi connectivity index (χ4n) is 1.94. The van der Waals surface area contributed by atoms with E-state index in [-0.39, 0.29) is 5.41 Å². The lowest BCUT2D eigenvalue weighted by Gasteiger charge is -2.35. The average molecular weight is 169 g/mol. The summed E-state index contributed by atoms with van der Waals surface area (Å²) in [5, 5.41) is 0. The summed E-state index contributed by atoms with van der Waals surface area (Å²) in [5.74, 6) is 0.796. The predicted octanol–water partition coefficient (Wildman–Crippen LogP) is 3.19. The van der Waals surface area contributed by atoms with Gasteiger partial charge in [0.1, 0.15) is 0 Å². The van der Waals surface area contributed by atoms with Crippen molar-refractivity contribution in [3.05, 3.63) is 0 Å². The molecule has 0 aromatic carbocycles. The molecule has 0 aliphatic heterocycles. The van der Waals surface area contributed by atoms with Crippen LogP contribution in [0.5, 0.6) is 0 Å². The van der Waals surface area contributed by atoms with E-state index in [0.717, 1.165) is 12.8 Å². The zero-order chi connectivity index (χ0) is 9.78. The van der Waals surface area contributed by atoms with Gasteiger partial charge in [0.15, 0.2) is 0 Å². The molecule has 0 saturated heterocycles. The molecule has 0 rings (SSSR count). The van der Waals surface area contributed by atoms with Gasteiger partial charge in [-0.1, -0.05) is 41.0 Å². The highest BCUT2D eigenvalue weighted by Gasteiger charge is 2.36. The van der Waals surface area contributed by atoms with Crippen LogP contribution in [0, 0.1) is 17.3 Å². The molecule has 0 heterocycles. The second-order valence-electron chi connectivity index (χ2n) is 4.20. The van der Waals surface area contributed by atoms with Crippen molar-refractivity contribution in [2.24, 2.45) is 17.3 Å². The highest BCUT2D eigenvalue weighted by molar-refractivity contribution is 5.61. The molecular weight excluding hydrogens is 148 g/mol. The fourth-order valence-corrected chi connectivity index (χ4v) is 1.94. The molecule has 1 heteroatoms.